The van der Waals surface area contributed by atoms with Gasteiger partial charge in [0.05, 0.1) is 22.0 Å². The Labute approximate surface area is 272 Å². The third-order valence-electron chi connectivity index (χ3n) is 8.44. The van der Waals surface area contributed by atoms with Crippen LogP contribution < -0.4 is 10.6 Å². The first-order valence-electron chi connectivity index (χ1n) is 15.5. The molecule has 2 aromatic carbocycles. The molecule has 2 N–H and O–H groups in total. The van der Waals surface area contributed by atoms with Crippen LogP contribution in [0.5, 0.6) is 0 Å². The zero-order valence-corrected chi connectivity index (χ0v) is 26.7. The molecule has 1 saturated heterocycles. The maximum atomic E-state index is 12.7. The van der Waals surface area contributed by atoms with Crippen molar-refractivity contribution in [3.63, 3.8) is 0 Å². The molecule has 1 amide bonds. The minimum Gasteiger partial charge on any atom is -0.324 e. The summed E-state index contributed by atoms with van der Waals surface area (Å²) in [5.41, 5.74) is 6.96. The topological polar surface area (TPSA) is 90.7 Å². The fourth-order valence-electron chi connectivity index (χ4n) is 6.00. The number of pyridine rings is 1. The molecule has 232 valence electrons. The van der Waals surface area contributed by atoms with Crippen LogP contribution in [0.25, 0.3) is 28.3 Å². The van der Waals surface area contributed by atoms with E-state index in [4.69, 9.17) is 9.97 Å². The number of likely N-dealkylation sites (tertiary alicyclic amines) is 1. The number of nitrogens with zero attached hydrogens (tertiary/aromatic N) is 6. The third kappa shape index (κ3) is 6.55. The van der Waals surface area contributed by atoms with Crippen LogP contribution in [0.15, 0.2) is 103 Å². The molecule has 6 aromatic rings. The third-order valence-corrected chi connectivity index (χ3v) is 9.31. The van der Waals surface area contributed by atoms with Gasteiger partial charge in [0.15, 0.2) is 0 Å². The van der Waals surface area contributed by atoms with E-state index in [1.165, 1.54) is 23.3 Å². The second-order valence-corrected chi connectivity index (χ2v) is 12.7. The van der Waals surface area contributed by atoms with Gasteiger partial charge in [-0.25, -0.2) is 15.0 Å². The molecule has 0 radical (unpaired) electrons. The largest absolute Gasteiger partial charge is 0.324 e. The van der Waals surface area contributed by atoms with Gasteiger partial charge in [-0.05, 0) is 93.0 Å². The van der Waals surface area contributed by atoms with Crippen molar-refractivity contribution in [2.45, 2.75) is 18.9 Å². The van der Waals surface area contributed by atoms with Gasteiger partial charge in [0.2, 0.25) is 5.95 Å². The molecule has 5 heterocycles. The summed E-state index contributed by atoms with van der Waals surface area (Å²) in [6.07, 6.45) is 5.98. The fourth-order valence-corrected chi connectivity index (χ4v) is 6.61. The maximum absolute atomic E-state index is 12.7. The van der Waals surface area contributed by atoms with Crippen LogP contribution >= 0.6 is 11.3 Å². The molecular weight excluding hydrogens is 593 g/mol. The van der Waals surface area contributed by atoms with Crippen LogP contribution in [-0.4, -0.2) is 74.8 Å². The van der Waals surface area contributed by atoms with E-state index in [1.807, 2.05) is 82.7 Å². The van der Waals surface area contributed by atoms with Crippen LogP contribution in [0.4, 0.5) is 17.3 Å². The van der Waals surface area contributed by atoms with Crippen LogP contribution in [0.1, 0.15) is 21.7 Å². The monoisotopic (exact) mass is 628 g/mol. The Morgan fingerprint density at radius 2 is 1.87 bits per heavy atom. The number of nitrogens with one attached hydrogen (secondary N) is 2. The summed E-state index contributed by atoms with van der Waals surface area (Å²) in [5.74, 6) is 0.379. The maximum Gasteiger partial charge on any atom is 0.265 e. The average molecular weight is 629 g/mol. The fraction of sp³-hybridized carbons (Fsp3) is 0.222. The highest BCUT2D eigenvalue weighted by molar-refractivity contribution is 7.12. The number of thiophene rings is 1. The van der Waals surface area contributed by atoms with Crippen LogP contribution in [0, 0.1) is 0 Å². The van der Waals surface area contributed by atoms with E-state index in [-0.39, 0.29) is 5.91 Å². The Hall–Kier alpha value is -4.90. The SMILES string of the molecule is CN(C)C1CCN(CCc2cccc(Nc3nccc(-c4c(-c5cccc(NC(=O)c6cccs6)c5)nc5ccccn45)n3)c2)C1. The van der Waals surface area contributed by atoms with E-state index in [2.05, 4.69) is 57.7 Å². The van der Waals surface area contributed by atoms with Crippen molar-refractivity contribution in [2.75, 3.05) is 44.4 Å². The van der Waals surface area contributed by atoms with E-state index in [0.717, 1.165) is 60.0 Å². The molecule has 1 aliphatic rings. The van der Waals surface area contributed by atoms with Gasteiger partial charge >= 0.3 is 0 Å². The number of anilines is 3. The van der Waals surface area contributed by atoms with Crippen LogP contribution in [-0.2, 0) is 6.42 Å². The quantitative estimate of drug-likeness (QED) is 0.175. The summed E-state index contributed by atoms with van der Waals surface area (Å²) in [7, 11) is 4.34. The lowest BCUT2D eigenvalue weighted by Gasteiger charge is -2.20. The van der Waals surface area contributed by atoms with Crippen molar-refractivity contribution in [1.82, 2.24) is 29.2 Å². The molecule has 0 saturated carbocycles. The van der Waals surface area contributed by atoms with Gasteiger partial charge in [0, 0.05) is 48.5 Å². The van der Waals surface area contributed by atoms with Gasteiger partial charge in [-0.2, -0.15) is 0 Å². The average Bonchev–Trinajstić information content (AvgIpc) is 3.85. The molecule has 1 atom stereocenters. The predicted molar refractivity (Wildman–Crippen MR) is 186 cm³/mol. The van der Waals surface area contributed by atoms with Gasteiger partial charge in [-0.15, -0.1) is 11.3 Å². The van der Waals surface area contributed by atoms with Crippen molar-refractivity contribution < 1.29 is 4.79 Å². The summed E-state index contributed by atoms with van der Waals surface area (Å²) >= 11 is 1.41. The number of benzene rings is 2. The van der Waals surface area contributed by atoms with Gasteiger partial charge in [0.1, 0.15) is 5.65 Å². The first-order valence-corrected chi connectivity index (χ1v) is 16.4. The van der Waals surface area contributed by atoms with Crippen molar-refractivity contribution in [2.24, 2.45) is 0 Å². The number of fused-ring (bicyclic) bond motifs is 1. The normalized spacial score (nSPS) is 15.1. The molecule has 4 aromatic heterocycles. The molecule has 7 rings (SSSR count). The lowest BCUT2D eigenvalue weighted by atomic mass is 10.1. The standard InChI is InChI=1S/C36H36N8OS/c1-42(2)29-16-20-43(24-29)19-15-25-8-5-10-27(22-25)39-36-37-17-14-30(40-36)34-33(41-32-13-3-4-18-44(32)34)26-9-6-11-28(23-26)38-35(45)31-12-7-21-46-31/h3-14,17-18,21-23,29H,15-16,19-20,24H2,1-2H3,(H,38,45)(H,37,39,40). The van der Waals surface area contributed by atoms with Gasteiger partial charge in [-0.3, -0.25) is 9.20 Å². The lowest BCUT2D eigenvalue weighted by molar-refractivity contribution is 0.103. The number of hydrogen-bond donors (Lipinski definition) is 2. The van der Waals surface area contributed by atoms with E-state index in [0.29, 0.717) is 22.6 Å². The number of carbonyl (C=O) groups excluding carboxylic acids is 1. The highest BCUT2D eigenvalue weighted by Gasteiger charge is 2.23. The van der Waals surface area contributed by atoms with Crippen LogP contribution in [0.3, 0.4) is 0 Å². The number of hydrogen-bond acceptors (Lipinski definition) is 8. The Bertz CT molecular complexity index is 1970. The molecule has 0 aliphatic carbocycles. The van der Waals surface area contributed by atoms with Gasteiger partial charge < -0.3 is 20.4 Å². The first-order chi connectivity index (χ1) is 22.5. The second-order valence-electron chi connectivity index (χ2n) is 11.8. The zero-order chi connectivity index (χ0) is 31.5. The number of carbonyl (C=O) groups is 1. The number of aromatic nitrogens is 4. The number of amides is 1. The van der Waals surface area contributed by atoms with E-state index < -0.39 is 0 Å². The molecular formula is C36H36N8OS. The first kappa shape index (κ1) is 29.8. The lowest BCUT2D eigenvalue weighted by Crippen LogP contribution is -2.32. The van der Waals surface area contributed by atoms with Crippen molar-refractivity contribution >= 4 is 40.2 Å². The van der Waals surface area contributed by atoms with E-state index in [9.17, 15) is 4.79 Å². The molecule has 1 unspecified atom stereocenters. The Morgan fingerprint density at radius 1 is 0.978 bits per heavy atom. The Kier molecular flexibility index (Phi) is 8.56. The van der Waals surface area contributed by atoms with Crippen molar-refractivity contribution in [3.05, 3.63) is 113 Å². The van der Waals surface area contributed by atoms with Gasteiger partial charge in [-0.1, -0.05) is 36.4 Å². The molecule has 1 fully saturated rings. The summed E-state index contributed by atoms with van der Waals surface area (Å²) < 4.78 is 2.04. The summed E-state index contributed by atoms with van der Waals surface area (Å²) in [6, 6.07) is 28.4. The number of likely N-dealkylation sites (N-methyl/N-ethyl adjacent to an activating group) is 1. The number of rotatable bonds is 10. The summed E-state index contributed by atoms with van der Waals surface area (Å²) in [6.45, 7) is 3.33. The Balaban J connectivity index is 1.13. The molecule has 46 heavy (non-hydrogen) atoms. The molecule has 10 heteroatoms. The predicted octanol–water partition coefficient (Wildman–Crippen LogP) is 6.69. The summed E-state index contributed by atoms with van der Waals surface area (Å²) in [5, 5.41) is 8.34. The molecule has 1 aliphatic heterocycles. The molecule has 9 nitrogen and oxygen atoms in total. The van der Waals surface area contributed by atoms with E-state index >= 15 is 0 Å². The van der Waals surface area contributed by atoms with Crippen molar-refractivity contribution in [1.29, 1.82) is 0 Å². The number of imidazole rings is 1. The van der Waals surface area contributed by atoms with Crippen molar-refractivity contribution in [3.8, 4) is 22.6 Å². The Morgan fingerprint density at radius 3 is 2.72 bits per heavy atom. The highest BCUT2D eigenvalue weighted by atomic mass is 32.1. The minimum absolute atomic E-state index is 0.132. The highest BCUT2D eigenvalue weighted by Crippen LogP contribution is 2.33. The smallest absolute Gasteiger partial charge is 0.265 e. The molecule has 0 spiro atoms. The summed E-state index contributed by atoms with van der Waals surface area (Å²) in [4.78, 5) is 32.8. The van der Waals surface area contributed by atoms with Gasteiger partial charge in [0.25, 0.3) is 5.91 Å². The van der Waals surface area contributed by atoms with Crippen LogP contribution in [0.2, 0.25) is 0 Å². The van der Waals surface area contributed by atoms with E-state index in [1.54, 1.807) is 6.20 Å². The molecule has 0 bridgehead atoms. The zero-order valence-electron chi connectivity index (χ0n) is 25.9. The minimum atomic E-state index is -0.132. The second kappa shape index (κ2) is 13.2.